The summed E-state index contributed by atoms with van der Waals surface area (Å²) in [6.07, 6.45) is -0.530. The summed E-state index contributed by atoms with van der Waals surface area (Å²) in [6, 6.07) is 2.18. The molecule has 3 aromatic heterocycles. The molecule has 0 spiro atoms. The fourth-order valence-corrected chi connectivity index (χ4v) is 3.88. The highest BCUT2D eigenvalue weighted by molar-refractivity contribution is 5.93. The van der Waals surface area contributed by atoms with Gasteiger partial charge in [-0.15, -0.1) is 0 Å². The third-order valence-corrected chi connectivity index (χ3v) is 5.22. The molecule has 1 atom stereocenters. The Hall–Kier alpha value is -3.11. The number of hydrogen-bond acceptors (Lipinski definition) is 5. The lowest BCUT2D eigenvalue weighted by molar-refractivity contribution is -0.143. The number of amides is 1. The van der Waals surface area contributed by atoms with Crippen molar-refractivity contribution in [1.29, 1.82) is 0 Å². The lowest BCUT2D eigenvalue weighted by Gasteiger charge is -2.34. The zero-order valence-corrected chi connectivity index (χ0v) is 16.8. The summed E-state index contributed by atoms with van der Waals surface area (Å²) in [6.45, 7) is 2.21. The van der Waals surface area contributed by atoms with Crippen LogP contribution in [0.2, 0.25) is 0 Å². The molecule has 11 heteroatoms. The molecule has 0 aromatic carbocycles. The van der Waals surface area contributed by atoms with Crippen molar-refractivity contribution in [3.63, 3.8) is 0 Å². The number of nitrogens with zero attached hydrogens (tertiary/aromatic N) is 6. The Kier molecular flexibility index (Phi) is 4.91. The maximum atomic E-state index is 13.1. The van der Waals surface area contributed by atoms with Gasteiger partial charge in [-0.3, -0.25) is 14.2 Å². The van der Waals surface area contributed by atoms with Crippen LogP contribution in [0.5, 0.6) is 0 Å². The van der Waals surface area contributed by atoms with Crippen LogP contribution in [0, 0.1) is 6.92 Å². The summed E-state index contributed by atoms with van der Waals surface area (Å²) >= 11 is 0. The summed E-state index contributed by atoms with van der Waals surface area (Å²) in [4.78, 5) is 14.7. The van der Waals surface area contributed by atoms with Crippen LogP contribution in [-0.2, 0) is 20.3 Å². The predicted octanol–water partition coefficient (Wildman–Crippen LogP) is 3.50. The van der Waals surface area contributed by atoms with E-state index in [4.69, 9.17) is 4.52 Å². The summed E-state index contributed by atoms with van der Waals surface area (Å²) in [5, 5.41) is 12.3. The number of piperidine rings is 1. The lowest BCUT2D eigenvalue weighted by Crippen LogP contribution is -2.39. The third-order valence-electron chi connectivity index (χ3n) is 5.22. The Balaban J connectivity index is 1.71. The Morgan fingerprint density at radius 3 is 2.60 bits per heavy atom. The van der Waals surface area contributed by atoms with Gasteiger partial charge in [0.1, 0.15) is 5.69 Å². The van der Waals surface area contributed by atoms with Crippen LogP contribution in [0.3, 0.4) is 0 Å². The topological polar surface area (TPSA) is 82.0 Å². The smallest absolute Gasteiger partial charge is 0.356 e. The molecule has 1 aliphatic heterocycles. The Morgan fingerprint density at radius 2 is 1.97 bits per heavy atom. The van der Waals surface area contributed by atoms with Gasteiger partial charge in [-0.25, -0.2) is 0 Å². The van der Waals surface area contributed by atoms with Crippen LogP contribution < -0.4 is 0 Å². The SMILES string of the molecule is Cc1cc(-c2cn(C)nc2[C@H]2CCCCN2C(=O)c2cc(C(F)(F)F)n(C)n2)on1. The van der Waals surface area contributed by atoms with Crippen LogP contribution in [-0.4, -0.2) is 42.1 Å². The zero-order chi connectivity index (χ0) is 21.6. The van der Waals surface area contributed by atoms with Crippen molar-refractivity contribution in [2.24, 2.45) is 14.1 Å². The Bertz CT molecular complexity index is 1080. The molecule has 1 aliphatic rings. The van der Waals surface area contributed by atoms with E-state index < -0.39 is 23.8 Å². The average Bonchev–Trinajstić information content (AvgIpc) is 3.39. The first kappa shape index (κ1) is 20.2. The van der Waals surface area contributed by atoms with Crippen molar-refractivity contribution < 1.29 is 22.5 Å². The van der Waals surface area contributed by atoms with Crippen LogP contribution in [0.25, 0.3) is 11.3 Å². The summed E-state index contributed by atoms with van der Waals surface area (Å²) < 4.78 is 47.1. The van der Waals surface area contributed by atoms with E-state index in [1.54, 1.807) is 35.8 Å². The molecule has 1 saturated heterocycles. The number of carbonyl (C=O) groups is 1. The molecule has 0 radical (unpaired) electrons. The maximum Gasteiger partial charge on any atom is 0.433 e. The molecular formula is C19H21F3N6O2. The zero-order valence-electron chi connectivity index (χ0n) is 16.8. The number of carbonyl (C=O) groups excluding carboxylic acids is 1. The van der Waals surface area contributed by atoms with Crippen molar-refractivity contribution in [3.05, 3.63) is 41.1 Å². The summed E-state index contributed by atoms with van der Waals surface area (Å²) in [7, 11) is 2.94. The Labute approximate surface area is 170 Å². The van der Waals surface area contributed by atoms with Crippen molar-refractivity contribution in [1.82, 2.24) is 29.6 Å². The summed E-state index contributed by atoms with van der Waals surface area (Å²) in [5.74, 6) is -0.0121. The normalized spacial score (nSPS) is 17.5. The van der Waals surface area contributed by atoms with E-state index in [-0.39, 0.29) is 5.69 Å². The first-order chi connectivity index (χ1) is 14.1. The number of likely N-dealkylation sites (tertiary alicyclic amines) is 1. The fourth-order valence-electron chi connectivity index (χ4n) is 3.88. The molecular weight excluding hydrogens is 401 g/mol. The van der Waals surface area contributed by atoms with Crippen LogP contribution in [0.1, 0.15) is 52.9 Å². The van der Waals surface area contributed by atoms with E-state index in [1.807, 2.05) is 0 Å². The van der Waals surface area contributed by atoms with Crippen molar-refractivity contribution in [2.45, 2.75) is 38.4 Å². The predicted molar refractivity (Wildman–Crippen MR) is 99.3 cm³/mol. The molecule has 160 valence electrons. The minimum Gasteiger partial charge on any atom is -0.356 e. The molecule has 0 aliphatic carbocycles. The van der Waals surface area contributed by atoms with Crippen molar-refractivity contribution >= 4 is 5.91 Å². The average molecular weight is 422 g/mol. The third kappa shape index (κ3) is 3.59. The maximum absolute atomic E-state index is 13.1. The summed E-state index contributed by atoms with van der Waals surface area (Å²) in [5.41, 5.74) is 0.859. The largest absolute Gasteiger partial charge is 0.433 e. The van der Waals surface area contributed by atoms with E-state index in [9.17, 15) is 18.0 Å². The van der Waals surface area contributed by atoms with Gasteiger partial charge in [0.2, 0.25) is 0 Å². The van der Waals surface area contributed by atoms with Gasteiger partial charge in [0.15, 0.2) is 11.5 Å². The highest BCUT2D eigenvalue weighted by atomic mass is 19.4. The molecule has 1 fully saturated rings. The second-order valence-electron chi connectivity index (χ2n) is 7.48. The molecule has 0 saturated carbocycles. The monoisotopic (exact) mass is 422 g/mol. The van der Waals surface area contributed by atoms with E-state index in [0.717, 1.165) is 18.9 Å². The second kappa shape index (κ2) is 7.29. The number of halogens is 3. The molecule has 4 rings (SSSR count). The van der Waals surface area contributed by atoms with E-state index in [2.05, 4.69) is 15.4 Å². The van der Waals surface area contributed by atoms with Crippen molar-refractivity contribution in [3.8, 4) is 11.3 Å². The van der Waals surface area contributed by atoms with E-state index >= 15 is 0 Å². The standard InChI is InChI=1S/C19H21F3N6O2/c1-11-8-15(30-25-11)12-10-26(2)24-17(12)14-6-4-5-7-28(14)18(29)13-9-16(19(20,21)22)27(3)23-13/h8-10,14H,4-7H2,1-3H3/t14-/m1/s1. The highest BCUT2D eigenvalue weighted by Crippen LogP contribution is 2.37. The van der Waals surface area contributed by atoms with Gasteiger partial charge in [-0.1, -0.05) is 5.16 Å². The highest BCUT2D eigenvalue weighted by Gasteiger charge is 2.38. The Morgan fingerprint density at radius 1 is 1.20 bits per heavy atom. The van der Waals surface area contributed by atoms with Gasteiger partial charge >= 0.3 is 6.18 Å². The fraction of sp³-hybridized carbons (Fsp3) is 0.474. The number of hydrogen-bond donors (Lipinski definition) is 0. The van der Waals surface area contributed by atoms with Gasteiger partial charge in [-0.05, 0) is 26.2 Å². The lowest BCUT2D eigenvalue weighted by atomic mass is 9.96. The van der Waals surface area contributed by atoms with Gasteiger partial charge in [0.05, 0.1) is 23.0 Å². The number of rotatable bonds is 3. The molecule has 1 amide bonds. The number of aromatic nitrogens is 5. The van der Waals surface area contributed by atoms with Gasteiger partial charge < -0.3 is 9.42 Å². The first-order valence-corrected chi connectivity index (χ1v) is 9.54. The van der Waals surface area contributed by atoms with Crippen LogP contribution >= 0.6 is 0 Å². The number of alkyl halides is 3. The molecule has 4 heterocycles. The molecule has 3 aromatic rings. The van der Waals surface area contributed by atoms with Crippen molar-refractivity contribution in [2.75, 3.05) is 6.54 Å². The minimum atomic E-state index is -4.58. The van der Waals surface area contributed by atoms with Gasteiger partial charge in [-0.2, -0.15) is 23.4 Å². The molecule has 8 nitrogen and oxygen atoms in total. The number of aryl methyl sites for hydroxylation is 3. The minimum absolute atomic E-state index is 0.232. The van der Waals surface area contributed by atoms with Crippen LogP contribution in [0.15, 0.2) is 22.9 Å². The van der Waals surface area contributed by atoms with Crippen LogP contribution in [0.4, 0.5) is 13.2 Å². The quantitative estimate of drug-likeness (QED) is 0.645. The molecule has 0 bridgehead atoms. The second-order valence-corrected chi connectivity index (χ2v) is 7.48. The molecule has 30 heavy (non-hydrogen) atoms. The van der Waals surface area contributed by atoms with Gasteiger partial charge in [0, 0.05) is 39.0 Å². The van der Waals surface area contributed by atoms with Gasteiger partial charge in [0.25, 0.3) is 5.91 Å². The first-order valence-electron chi connectivity index (χ1n) is 9.54. The van der Waals surface area contributed by atoms with E-state index in [0.29, 0.717) is 40.4 Å². The molecule has 0 unspecified atom stereocenters. The van der Waals surface area contributed by atoms with E-state index in [1.165, 1.54) is 7.05 Å². The molecule has 0 N–H and O–H groups in total.